The van der Waals surface area contributed by atoms with E-state index in [-0.39, 0.29) is 17.9 Å². The van der Waals surface area contributed by atoms with E-state index in [9.17, 15) is 13.2 Å². The average molecular weight is 386 g/mol. The van der Waals surface area contributed by atoms with Gasteiger partial charge in [-0.2, -0.15) is 4.31 Å². The summed E-state index contributed by atoms with van der Waals surface area (Å²) in [5.74, 6) is 0.396. The summed E-state index contributed by atoms with van der Waals surface area (Å²) in [6, 6.07) is 1.88. The van der Waals surface area contributed by atoms with Gasteiger partial charge in [-0.1, -0.05) is 6.42 Å². The summed E-state index contributed by atoms with van der Waals surface area (Å²) in [5.41, 5.74) is 6.06. The number of thiophene rings is 1. The highest BCUT2D eigenvalue weighted by Gasteiger charge is 2.33. The molecule has 0 aromatic carbocycles. The van der Waals surface area contributed by atoms with E-state index in [1.165, 1.54) is 15.6 Å². The molecule has 1 saturated heterocycles. The molecule has 1 aromatic heterocycles. The lowest BCUT2D eigenvalue weighted by Gasteiger charge is -2.34. The second-order valence-electron chi connectivity index (χ2n) is 7.12. The van der Waals surface area contributed by atoms with E-state index < -0.39 is 10.0 Å². The molecule has 2 heterocycles. The molecule has 140 valence electrons. The van der Waals surface area contributed by atoms with Crippen LogP contribution in [0.3, 0.4) is 0 Å². The Labute approximate surface area is 154 Å². The van der Waals surface area contributed by atoms with Gasteiger partial charge in [-0.25, -0.2) is 8.42 Å². The van der Waals surface area contributed by atoms with E-state index in [1.807, 2.05) is 13.8 Å². The zero-order valence-corrected chi connectivity index (χ0v) is 16.5. The normalized spacial score (nSPS) is 25.5. The molecule has 1 saturated carbocycles. The molecular formula is C17H27N3O3S2. The van der Waals surface area contributed by atoms with E-state index in [4.69, 9.17) is 5.73 Å². The van der Waals surface area contributed by atoms with Crippen LogP contribution >= 0.6 is 11.3 Å². The molecule has 2 fully saturated rings. The molecule has 6 nitrogen and oxygen atoms in total. The number of sulfonamides is 1. The van der Waals surface area contributed by atoms with Gasteiger partial charge < -0.3 is 10.6 Å². The van der Waals surface area contributed by atoms with Gasteiger partial charge in [0.2, 0.25) is 15.9 Å². The molecule has 3 rings (SSSR count). The smallest absolute Gasteiger partial charge is 0.244 e. The zero-order valence-electron chi connectivity index (χ0n) is 14.9. The van der Waals surface area contributed by atoms with Crippen molar-refractivity contribution in [2.24, 2.45) is 11.7 Å². The zero-order chi connectivity index (χ0) is 18.2. The monoisotopic (exact) mass is 385 g/mol. The molecule has 1 aromatic rings. The maximum absolute atomic E-state index is 12.8. The number of carbonyl (C=O) groups is 1. The van der Waals surface area contributed by atoms with E-state index in [2.05, 4.69) is 0 Å². The Morgan fingerprint density at radius 1 is 1.24 bits per heavy atom. The van der Waals surface area contributed by atoms with Gasteiger partial charge in [-0.15, -0.1) is 11.3 Å². The predicted octanol–water partition coefficient (Wildman–Crippen LogP) is 1.72. The first kappa shape index (κ1) is 18.8. The standard InChI is InChI=1S/C17H27N3O3S2/c1-12-10-16(13(2)24-12)25(22,23)20-8-6-19(7-9-20)17(21)11-14-4-3-5-15(14)18/h10,14-15H,3-9,11,18H2,1-2H3/t14-,15+/m0/s1. The van der Waals surface area contributed by atoms with Crippen molar-refractivity contribution in [3.8, 4) is 0 Å². The average Bonchev–Trinajstić information content (AvgIpc) is 3.13. The highest BCUT2D eigenvalue weighted by Crippen LogP contribution is 2.29. The Morgan fingerprint density at radius 2 is 1.92 bits per heavy atom. The van der Waals surface area contributed by atoms with Crippen LogP contribution in [-0.4, -0.2) is 55.8 Å². The minimum Gasteiger partial charge on any atom is -0.340 e. The maximum Gasteiger partial charge on any atom is 0.244 e. The third-order valence-corrected chi connectivity index (χ3v) is 8.48. The third-order valence-electron chi connectivity index (χ3n) is 5.36. The van der Waals surface area contributed by atoms with Gasteiger partial charge in [0.05, 0.1) is 4.90 Å². The third kappa shape index (κ3) is 3.92. The molecule has 0 spiro atoms. The first-order valence-electron chi connectivity index (χ1n) is 8.89. The first-order chi connectivity index (χ1) is 11.8. The van der Waals surface area contributed by atoms with Gasteiger partial charge in [-0.05, 0) is 38.7 Å². The Balaban J connectivity index is 1.59. The molecule has 2 aliphatic rings. The Morgan fingerprint density at radius 3 is 2.44 bits per heavy atom. The van der Waals surface area contributed by atoms with Crippen molar-refractivity contribution in [3.05, 3.63) is 15.8 Å². The van der Waals surface area contributed by atoms with Crippen LogP contribution in [0.25, 0.3) is 0 Å². The van der Waals surface area contributed by atoms with Crippen LogP contribution in [0.4, 0.5) is 0 Å². The number of aryl methyl sites for hydroxylation is 2. The lowest BCUT2D eigenvalue weighted by atomic mass is 9.99. The second kappa shape index (κ2) is 7.34. The maximum atomic E-state index is 12.8. The summed E-state index contributed by atoms with van der Waals surface area (Å²) in [6.45, 7) is 5.40. The van der Waals surface area contributed by atoms with E-state index >= 15 is 0 Å². The van der Waals surface area contributed by atoms with E-state index in [1.54, 1.807) is 11.0 Å². The van der Waals surface area contributed by atoms with Crippen molar-refractivity contribution < 1.29 is 13.2 Å². The lowest BCUT2D eigenvalue weighted by molar-refractivity contribution is -0.133. The number of piperazine rings is 1. The van der Waals surface area contributed by atoms with Crippen LogP contribution in [-0.2, 0) is 14.8 Å². The molecule has 2 atom stereocenters. The number of rotatable bonds is 4. The first-order valence-corrected chi connectivity index (χ1v) is 11.1. The number of carbonyl (C=O) groups excluding carboxylic acids is 1. The van der Waals surface area contributed by atoms with E-state index in [0.717, 1.165) is 29.0 Å². The summed E-state index contributed by atoms with van der Waals surface area (Å²) < 4.78 is 27.2. The van der Waals surface area contributed by atoms with Crippen molar-refractivity contribution in [3.63, 3.8) is 0 Å². The fourth-order valence-corrected chi connectivity index (χ4v) is 6.80. The summed E-state index contributed by atoms with van der Waals surface area (Å²) in [7, 11) is -3.47. The lowest BCUT2D eigenvalue weighted by Crippen LogP contribution is -2.51. The minimum atomic E-state index is -3.47. The van der Waals surface area contributed by atoms with Crippen molar-refractivity contribution in [1.82, 2.24) is 9.21 Å². The van der Waals surface area contributed by atoms with Crippen LogP contribution in [0.5, 0.6) is 0 Å². The fraction of sp³-hybridized carbons (Fsp3) is 0.706. The molecule has 25 heavy (non-hydrogen) atoms. The Bertz CT molecular complexity index is 736. The molecule has 8 heteroatoms. The highest BCUT2D eigenvalue weighted by atomic mass is 32.2. The van der Waals surface area contributed by atoms with Gasteiger partial charge in [0, 0.05) is 48.4 Å². The number of nitrogens with zero attached hydrogens (tertiary/aromatic N) is 2. The minimum absolute atomic E-state index is 0.113. The van der Waals surface area contributed by atoms with Crippen LogP contribution in [0, 0.1) is 19.8 Å². The van der Waals surface area contributed by atoms with Crippen LogP contribution in [0.15, 0.2) is 11.0 Å². The molecule has 2 N–H and O–H groups in total. The van der Waals surface area contributed by atoms with E-state index in [0.29, 0.717) is 37.5 Å². The van der Waals surface area contributed by atoms with Gasteiger partial charge in [0.1, 0.15) is 0 Å². The highest BCUT2D eigenvalue weighted by molar-refractivity contribution is 7.89. The summed E-state index contributed by atoms with van der Waals surface area (Å²) >= 11 is 1.50. The molecule has 1 aliphatic carbocycles. The summed E-state index contributed by atoms with van der Waals surface area (Å²) in [5, 5.41) is 0. The Kier molecular flexibility index (Phi) is 5.53. The van der Waals surface area contributed by atoms with Crippen LogP contribution in [0.1, 0.15) is 35.4 Å². The van der Waals surface area contributed by atoms with Crippen LogP contribution in [0.2, 0.25) is 0 Å². The van der Waals surface area contributed by atoms with Gasteiger partial charge in [-0.3, -0.25) is 4.79 Å². The van der Waals surface area contributed by atoms with Gasteiger partial charge in [0.15, 0.2) is 0 Å². The molecule has 0 bridgehead atoms. The molecular weight excluding hydrogens is 358 g/mol. The van der Waals surface area contributed by atoms with Crippen molar-refractivity contribution in [2.45, 2.75) is 50.5 Å². The molecule has 1 aliphatic heterocycles. The quantitative estimate of drug-likeness (QED) is 0.855. The SMILES string of the molecule is Cc1cc(S(=O)(=O)N2CCN(C(=O)C[C@@H]3CCC[C@H]3N)CC2)c(C)s1. The topological polar surface area (TPSA) is 83.7 Å². The van der Waals surface area contributed by atoms with Crippen LogP contribution < -0.4 is 5.73 Å². The predicted molar refractivity (Wildman–Crippen MR) is 99.1 cm³/mol. The van der Waals surface area contributed by atoms with Crippen molar-refractivity contribution >= 4 is 27.3 Å². The number of hydrogen-bond donors (Lipinski definition) is 1. The second-order valence-corrected chi connectivity index (χ2v) is 10.5. The fourth-order valence-electron chi connectivity index (χ4n) is 3.85. The van der Waals surface area contributed by atoms with Gasteiger partial charge >= 0.3 is 0 Å². The number of hydrogen-bond acceptors (Lipinski definition) is 5. The van der Waals surface area contributed by atoms with Gasteiger partial charge in [0.25, 0.3) is 0 Å². The number of amides is 1. The largest absolute Gasteiger partial charge is 0.340 e. The Hall–Kier alpha value is -0.960. The summed E-state index contributed by atoms with van der Waals surface area (Å²) in [6.07, 6.45) is 3.63. The molecule has 1 amide bonds. The number of nitrogens with two attached hydrogens (primary N) is 1. The molecule has 0 radical (unpaired) electrons. The summed E-state index contributed by atoms with van der Waals surface area (Å²) in [4.78, 5) is 16.5. The van der Waals surface area contributed by atoms with Crippen molar-refractivity contribution in [1.29, 1.82) is 0 Å². The van der Waals surface area contributed by atoms with Crippen molar-refractivity contribution in [2.75, 3.05) is 26.2 Å². The molecule has 0 unspecified atom stereocenters.